The second kappa shape index (κ2) is 9.64. The number of nitrogens with one attached hydrogen (secondary N) is 2. The maximum Gasteiger partial charge on any atom is 0.270 e. The van der Waals surface area contributed by atoms with Gasteiger partial charge in [0.2, 0.25) is 0 Å². The fraction of sp³-hybridized carbons (Fsp3) is 0.368. The van der Waals surface area contributed by atoms with E-state index in [1.165, 1.54) is 0 Å². The number of anilines is 1. The fourth-order valence-corrected chi connectivity index (χ4v) is 2.28. The van der Waals surface area contributed by atoms with Gasteiger partial charge < -0.3 is 20.3 Å². The largest absolute Gasteiger partial charge is 0.497 e. The Balaban J connectivity index is 1.79. The van der Waals surface area contributed by atoms with Crippen LogP contribution in [-0.4, -0.2) is 50.1 Å². The highest BCUT2D eigenvalue weighted by atomic mass is 16.5. The molecule has 6 nitrogen and oxygen atoms in total. The summed E-state index contributed by atoms with van der Waals surface area (Å²) in [6.07, 6.45) is 2.75. The quantitative estimate of drug-likeness (QED) is 0.685. The molecule has 0 bridgehead atoms. The summed E-state index contributed by atoms with van der Waals surface area (Å²) < 4.78 is 5.12. The van der Waals surface area contributed by atoms with Crippen LogP contribution >= 0.6 is 0 Å². The zero-order valence-electron chi connectivity index (χ0n) is 15.1. The van der Waals surface area contributed by atoms with Crippen LogP contribution in [0.3, 0.4) is 0 Å². The summed E-state index contributed by atoms with van der Waals surface area (Å²) in [5, 5.41) is 6.17. The second-order valence-electron chi connectivity index (χ2n) is 6.05. The highest BCUT2D eigenvalue weighted by molar-refractivity contribution is 5.92. The van der Waals surface area contributed by atoms with E-state index in [1.54, 1.807) is 19.4 Å². The van der Waals surface area contributed by atoms with E-state index in [-0.39, 0.29) is 5.91 Å². The monoisotopic (exact) mass is 342 g/mol. The Kier molecular flexibility index (Phi) is 7.22. The molecule has 2 rings (SSSR count). The minimum Gasteiger partial charge on any atom is -0.497 e. The highest BCUT2D eigenvalue weighted by Crippen LogP contribution is 2.11. The maximum atomic E-state index is 12.2. The fourth-order valence-electron chi connectivity index (χ4n) is 2.28. The molecule has 0 fully saturated rings. The second-order valence-corrected chi connectivity index (χ2v) is 6.05. The average Bonchev–Trinajstić information content (AvgIpc) is 2.64. The molecule has 0 radical (unpaired) electrons. The summed E-state index contributed by atoms with van der Waals surface area (Å²) in [5.41, 5.74) is 2.34. The molecule has 1 aromatic heterocycles. The lowest BCUT2D eigenvalue weighted by Gasteiger charge is -2.11. The zero-order valence-corrected chi connectivity index (χ0v) is 15.1. The number of benzene rings is 1. The van der Waals surface area contributed by atoms with Crippen molar-refractivity contribution < 1.29 is 9.53 Å². The molecule has 0 saturated heterocycles. The molecule has 0 aliphatic heterocycles. The van der Waals surface area contributed by atoms with Gasteiger partial charge in [-0.15, -0.1) is 0 Å². The lowest BCUT2D eigenvalue weighted by atomic mass is 10.2. The van der Waals surface area contributed by atoms with Gasteiger partial charge >= 0.3 is 0 Å². The van der Waals surface area contributed by atoms with Gasteiger partial charge in [0.05, 0.1) is 19.0 Å². The van der Waals surface area contributed by atoms with Crippen LogP contribution in [0.4, 0.5) is 5.69 Å². The summed E-state index contributed by atoms with van der Waals surface area (Å²) in [5.74, 6) is 0.611. The van der Waals surface area contributed by atoms with Gasteiger partial charge in [-0.2, -0.15) is 0 Å². The number of methoxy groups -OCH3 is 1. The number of pyridine rings is 1. The highest BCUT2D eigenvalue weighted by Gasteiger charge is 2.07. The Hall–Kier alpha value is -2.60. The molecule has 0 saturated carbocycles. The van der Waals surface area contributed by atoms with Crippen molar-refractivity contribution in [3.8, 4) is 5.75 Å². The van der Waals surface area contributed by atoms with Crippen LogP contribution in [0.2, 0.25) is 0 Å². The van der Waals surface area contributed by atoms with Crippen LogP contribution in [-0.2, 0) is 6.54 Å². The molecular formula is C19H26N4O2. The van der Waals surface area contributed by atoms with Crippen molar-refractivity contribution in [2.24, 2.45) is 0 Å². The van der Waals surface area contributed by atoms with Gasteiger partial charge in [-0.3, -0.25) is 4.79 Å². The molecule has 0 spiro atoms. The normalized spacial score (nSPS) is 10.6. The number of carbonyl (C=O) groups is 1. The molecular weight excluding hydrogens is 316 g/mol. The molecule has 134 valence electrons. The number of hydrogen-bond acceptors (Lipinski definition) is 5. The SMILES string of the molecule is COc1ccc(CNC(=O)c2ccc(NCCCN(C)C)cn2)cc1. The maximum absolute atomic E-state index is 12.2. The van der Waals surface area contributed by atoms with Crippen LogP contribution in [0.15, 0.2) is 42.6 Å². The number of carbonyl (C=O) groups excluding carboxylic acids is 1. The van der Waals surface area contributed by atoms with Crippen molar-refractivity contribution in [2.45, 2.75) is 13.0 Å². The van der Waals surface area contributed by atoms with Crippen LogP contribution in [0.5, 0.6) is 5.75 Å². The van der Waals surface area contributed by atoms with E-state index in [0.29, 0.717) is 12.2 Å². The van der Waals surface area contributed by atoms with E-state index in [4.69, 9.17) is 4.74 Å². The van der Waals surface area contributed by atoms with Crippen molar-refractivity contribution in [2.75, 3.05) is 39.6 Å². The van der Waals surface area contributed by atoms with Gasteiger partial charge in [-0.25, -0.2) is 4.98 Å². The van der Waals surface area contributed by atoms with Crippen molar-refractivity contribution in [3.05, 3.63) is 53.9 Å². The zero-order chi connectivity index (χ0) is 18.1. The molecule has 0 unspecified atom stereocenters. The lowest BCUT2D eigenvalue weighted by Crippen LogP contribution is -2.23. The molecule has 6 heteroatoms. The Morgan fingerprint density at radius 2 is 1.92 bits per heavy atom. The first-order valence-corrected chi connectivity index (χ1v) is 8.34. The van der Waals surface area contributed by atoms with Crippen molar-refractivity contribution in [3.63, 3.8) is 0 Å². The standard InChI is InChI=1S/C19H26N4O2/c1-23(2)12-4-11-20-16-7-10-18(21-14-16)19(24)22-13-15-5-8-17(25-3)9-6-15/h5-10,14,20H,4,11-13H2,1-3H3,(H,22,24). The van der Waals surface area contributed by atoms with Gasteiger partial charge in [0.15, 0.2) is 0 Å². The first-order chi connectivity index (χ1) is 12.1. The van der Waals surface area contributed by atoms with Crippen LogP contribution < -0.4 is 15.4 Å². The summed E-state index contributed by atoms with van der Waals surface area (Å²) in [4.78, 5) is 18.5. The number of aromatic nitrogens is 1. The number of amides is 1. The van der Waals surface area contributed by atoms with Crippen LogP contribution in [0.25, 0.3) is 0 Å². The van der Waals surface area contributed by atoms with Crippen molar-refractivity contribution in [1.29, 1.82) is 0 Å². The number of ether oxygens (including phenoxy) is 1. The van der Waals surface area contributed by atoms with E-state index in [1.807, 2.05) is 30.3 Å². The van der Waals surface area contributed by atoms with Gasteiger partial charge in [0, 0.05) is 13.1 Å². The molecule has 0 aliphatic carbocycles. The molecule has 1 heterocycles. The van der Waals surface area contributed by atoms with Gasteiger partial charge in [-0.1, -0.05) is 12.1 Å². The number of nitrogens with zero attached hydrogens (tertiary/aromatic N) is 2. The van der Waals surface area contributed by atoms with Gasteiger partial charge in [0.25, 0.3) is 5.91 Å². The Bertz CT molecular complexity index is 654. The van der Waals surface area contributed by atoms with Crippen molar-refractivity contribution >= 4 is 11.6 Å². The molecule has 0 aliphatic rings. The molecule has 2 aromatic rings. The Morgan fingerprint density at radius 1 is 1.16 bits per heavy atom. The predicted molar refractivity (Wildman–Crippen MR) is 100 cm³/mol. The van der Waals surface area contributed by atoms with E-state index in [9.17, 15) is 4.79 Å². The summed E-state index contributed by atoms with van der Waals surface area (Å²) in [6, 6.07) is 11.2. The number of hydrogen-bond donors (Lipinski definition) is 2. The first-order valence-electron chi connectivity index (χ1n) is 8.34. The lowest BCUT2D eigenvalue weighted by molar-refractivity contribution is 0.0946. The minimum absolute atomic E-state index is 0.185. The third-order valence-electron chi connectivity index (χ3n) is 3.72. The molecule has 2 N–H and O–H groups in total. The van der Waals surface area contributed by atoms with Crippen LogP contribution in [0.1, 0.15) is 22.5 Å². The molecule has 25 heavy (non-hydrogen) atoms. The average molecular weight is 342 g/mol. The van der Waals surface area contributed by atoms with E-state index in [0.717, 1.165) is 36.5 Å². The molecule has 1 aromatic carbocycles. The molecule has 1 amide bonds. The summed E-state index contributed by atoms with van der Waals surface area (Å²) >= 11 is 0. The third-order valence-corrected chi connectivity index (χ3v) is 3.72. The minimum atomic E-state index is -0.185. The Morgan fingerprint density at radius 3 is 2.52 bits per heavy atom. The summed E-state index contributed by atoms with van der Waals surface area (Å²) in [6.45, 7) is 2.37. The van der Waals surface area contributed by atoms with E-state index in [2.05, 4.69) is 34.6 Å². The number of rotatable bonds is 9. The third kappa shape index (κ3) is 6.43. The predicted octanol–water partition coefficient (Wildman–Crippen LogP) is 2.38. The van der Waals surface area contributed by atoms with E-state index < -0.39 is 0 Å². The topological polar surface area (TPSA) is 66.5 Å². The first kappa shape index (κ1) is 18.7. The smallest absolute Gasteiger partial charge is 0.270 e. The van der Waals surface area contributed by atoms with Gasteiger partial charge in [0.1, 0.15) is 11.4 Å². The van der Waals surface area contributed by atoms with Crippen LogP contribution in [0, 0.1) is 0 Å². The van der Waals surface area contributed by atoms with E-state index >= 15 is 0 Å². The molecule has 0 atom stereocenters. The van der Waals surface area contributed by atoms with Crippen molar-refractivity contribution in [1.82, 2.24) is 15.2 Å². The Labute approximate surface area is 149 Å². The summed E-state index contributed by atoms with van der Waals surface area (Å²) in [7, 11) is 5.74. The van der Waals surface area contributed by atoms with Gasteiger partial charge in [-0.05, 0) is 56.9 Å².